The Morgan fingerprint density at radius 2 is 2.29 bits per heavy atom. The molecular weight excluding hydrogens is 198 g/mol. The van der Waals surface area contributed by atoms with Crippen molar-refractivity contribution in [1.82, 2.24) is 0 Å². The van der Waals surface area contributed by atoms with Crippen LogP contribution in [0.4, 0.5) is 0 Å². The van der Waals surface area contributed by atoms with Crippen LogP contribution in [0.15, 0.2) is 23.2 Å². The smallest absolute Gasteiger partial charge is 0.211 e. The van der Waals surface area contributed by atoms with Gasteiger partial charge in [-0.25, -0.2) is 4.79 Å². The summed E-state index contributed by atoms with van der Waals surface area (Å²) in [5, 5.41) is 0.654. The van der Waals surface area contributed by atoms with Crippen molar-refractivity contribution in [2.45, 2.75) is 26.3 Å². The maximum absolute atomic E-state index is 10.2. The highest BCUT2D eigenvalue weighted by Crippen LogP contribution is 2.28. The van der Waals surface area contributed by atoms with E-state index in [1.54, 1.807) is 6.08 Å². The fourth-order valence-electron chi connectivity index (χ4n) is 1.36. The van der Waals surface area contributed by atoms with Crippen molar-refractivity contribution in [3.8, 4) is 0 Å². The quantitative estimate of drug-likeness (QED) is 0.554. The molecule has 0 amide bonds. The van der Waals surface area contributed by atoms with Crippen LogP contribution in [-0.4, -0.2) is 6.08 Å². The highest BCUT2D eigenvalue weighted by Gasteiger charge is 2.11. The number of aliphatic imine (C=N–C) groups is 1. The predicted octanol–water partition coefficient (Wildman–Crippen LogP) is 3.44. The number of halogens is 1. The summed E-state index contributed by atoms with van der Waals surface area (Å²) in [6.07, 6.45) is 2.33. The van der Waals surface area contributed by atoms with Gasteiger partial charge in [-0.05, 0) is 25.0 Å². The van der Waals surface area contributed by atoms with E-state index in [9.17, 15) is 4.79 Å². The summed E-state index contributed by atoms with van der Waals surface area (Å²) in [5.74, 6) is 0. The van der Waals surface area contributed by atoms with Crippen LogP contribution in [0.2, 0.25) is 5.02 Å². The summed E-state index contributed by atoms with van der Waals surface area (Å²) in [4.78, 5) is 13.9. The van der Waals surface area contributed by atoms with Gasteiger partial charge in [0.05, 0.1) is 6.04 Å². The van der Waals surface area contributed by atoms with Crippen LogP contribution < -0.4 is 0 Å². The van der Waals surface area contributed by atoms with Gasteiger partial charge in [0, 0.05) is 5.02 Å². The highest BCUT2D eigenvalue weighted by molar-refractivity contribution is 6.31. The van der Waals surface area contributed by atoms with E-state index >= 15 is 0 Å². The number of isocyanates is 1. The van der Waals surface area contributed by atoms with Gasteiger partial charge in [-0.3, -0.25) is 0 Å². The molecule has 0 fully saturated rings. The maximum Gasteiger partial charge on any atom is 0.235 e. The van der Waals surface area contributed by atoms with Gasteiger partial charge in [-0.15, -0.1) is 0 Å². The lowest BCUT2D eigenvalue weighted by molar-refractivity contribution is 0.556. The molecule has 0 radical (unpaired) electrons. The number of hydrogen-bond acceptors (Lipinski definition) is 2. The van der Waals surface area contributed by atoms with E-state index in [-0.39, 0.29) is 6.04 Å². The molecule has 0 aliphatic rings. The standard InChI is InChI=1S/C11H12ClNO/c1-3-11(13-7-14)9-6-8(2)4-5-10(9)12/h4-6,11H,3H2,1-2H3/t11-/m1/s1. The van der Waals surface area contributed by atoms with Crippen LogP contribution in [0.1, 0.15) is 30.5 Å². The van der Waals surface area contributed by atoms with E-state index in [4.69, 9.17) is 11.6 Å². The monoisotopic (exact) mass is 209 g/mol. The van der Waals surface area contributed by atoms with Crippen LogP contribution in [0.5, 0.6) is 0 Å². The van der Waals surface area contributed by atoms with Gasteiger partial charge in [0.1, 0.15) is 0 Å². The summed E-state index contributed by atoms with van der Waals surface area (Å²) in [6.45, 7) is 3.95. The first-order valence-corrected chi connectivity index (χ1v) is 4.89. The molecule has 1 aromatic rings. The first-order valence-electron chi connectivity index (χ1n) is 4.52. The Morgan fingerprint density at radius 1 is 1.57 bits per heavy atom. The van der Waals surface area contributed by atoms with Crippen LogP contribution in [0.25, 0.3) is 0 Å². The van der Waals surface area contributed by atoms with E-state index in [1.165, 1.54) is 0 Å². The third-order valence-electron chi connectivity index (χ3n) is 2.11. The van der Waals surface area contributed by atoms with Gasteiger partial charge in [-0.1, -0.05) is 36.2 Å². The molecule has 1 rings (SSSR count). The van der Waals surface area contributed by atoms with Crippen LogP contribution in [-0.2, 0) is 4.79 Å². The zero-order valence-electron chi connectivity index (χ0n) is 8.25. The van der Waals surface area contributed by atoms with E-state index in [0.717, 1.165) is 17.5 Å². The zero-order chi connectivity index (χ0) is 10.6. The van der Waals surface area contributed by atoms with Crippen molar-refractivity contribution < 1.29 is 4.79 Å². The lowest BCUT2D eigenvalue weighted by Crippen LogP contribution is -1.95. The third kappa shape index (κ3) is 2.44. The first-order chi connectivity index (χ1) is 6.69. The second-order valence-electron chi connectivity index (χ2n) is 3.17. The van der Waals surface area contributed by atoms with E-state index in [0.29, 0.717) is 5.02 Å². The summed E-state index contributed by atoms with van der Waals surface area (Å²) < 4.78 is 0. The highest BCUT2D eigenvalue weighted by atomic mass is 35.5. The molecule has 0 aliphatic carbocycles. The summed E-state index contributed by atoms with van der Waals surface area (Å²) in [5.41, 5.74) is 2.02. The number of aryl methyl sites for hydroxylation is 1. The van der Waals surface area contributed by atoms with Crippen LogP contribution in [0, 0.1) is 6.92 Å². The average Bonchev–Trinajstić information content (AvgIpc) is 2.18. The molecule has 74 valence electrons. The molecule has 14 heavy (non-hydrogen) atoms. The molecular formula is C11H12ClNO. The Labute approximate surface area is 88.6 Å². The minimum absolute atomic E-state index is 0.167. The Morgan fingerprint density at radius 3 is 2.86 bits per heavy atom. The minimum atomic E-state index is -0.167. The molecule has 0 saturated carbocycles. The molecule has 0 saturated heterocycles. The molecule has 0 aromatic heterocycles. The van der Waals surface area contributed by atoms with Gasteiger partial charge in [-0.2, -0.15) is 4.99 Å². The normalized spacial score (nSPS) is 11.9. The largest absolute Gasteiger partial charge is 0.235 e. The van der Waals surface area contributed by atoms with Gasteiger partial charge >= 0.3 is 0 Å². The molecule has 0 N–H and O–H groups in total. The first kappa shape index (κ1) is 11.0. The second kappa shape index (κ2) is 4.94. The molecule has 0 heterocycles. The molecule has 1 atom stereocenters. The Bertz CT molecular complexity index is 370. The Balaban J connectivity index is 3.14. The molecule has 1 aromatic carbocycles. The van der Waals surface area contributed by atoms with Crippen molar-refractivity contribution in [1.29, 1.82) is 0 Å². The molecule has 0 bridgehead atoms. The lowest BCUT2D eigenvalue weighted by Gasteiger charge is -2.10. The topological polar surface area (TPSA) is 29.4 Å². The van der Waals surface area contributed by atoms with Crippen molar-refractivity contribution in [3.05, 3.63) is 34.3 Å². The van der Waals surface area contributed by atoms with E-state index < -0.39 is 0 Å². The van der Waals surface area contributed by atoms with Crippen molar-refractivity contribution in [2.75, 3.05) is 0 Å². The van der Waals surface area contributed by atoms with Crippen molar-refractivity contribution >= 4 is 17.7 Å². The van der Waals surface area contributed by atoms with Gasteiger partial charge in [0.15, 0.2) is 0 Å². The average molecular weight is 210 g/mol. The fraction of sp³-hybridized carbons (Fsp3) is 0.364. The van der Waals surface area contributed by atoms with Gasteiger partial charge in [0.2, 0.25) is 6.08 Å². The number of rotatable bonds is 3. The summed E-state index contributed by atoms with van der Waals surface area (Å²) in [6, 6.07) is 5.55. The third-order valence-corrected chi connectivity index (χ3v) is 2.45. The van der Waals surface area contributed by atoms with Crippen molar-refractivity contribution in [2.24, 2.45) is 4.99 Å². The number of hydrogen-bond donors (Lipinski definition) is 0. The number of carbonyl (C=O) groups excluding carboxylic acids is 1. The molecule has 2 nitrogen and oxygen atoms in total. The second-order valence-corrected chi connectivity index (χ2v) is 3.58. The SMILES string of the molecule is CC[C@@H](N=C=O)c1cc(C)ccc1Cl. The van der Waals surface area contributed by atoms with E-state index in [2.05, 4.69) is 4.99 Å². The molecule has 0 aliphatic heterocycles. The van der Waals surface area contributed by atoms with Crippen molar-refractivity contribution in [3.63, 3.8) is 0 Å². The van der Waals surface area contributed by atoms with Gasteiger partial charge in [0.25, 0.3) is 0 Å². The zero-order valence-corrected chi connectivity index (χ0v) is 9.01. The lowest BCUT2D eigenvalue weighted by atomic mass is 10.0. The van der Waals surface area contributed by atoms with Crippen LogP contribution >= 0.6 is 11.6 Å². The maximum atomic E-state index is 10.2. The fourth-order valence-corrected chi connectivity index (χ4v) is 1.61. The molecule has 0 spiro atoms. The number of benzene rings is 1. The Hall–Kier alpha value is -1.11. The minimum Gasteiger partial charge on any atom is -0.211 e. The summed E-state index contributed by atoms with van der Waals surface area (Å²) >= 11 is 6.02. The molecule has 0 unspecified atom stereocenters. The summed E-state index contributed by atoms with van der Waals surface area (Å²) in [7, 11) is 0. The van der Waals surface area contributed by atoms with Crippen LogP contribution in [0.3, 0.4) is 0 Å². The molecule has 3 heteroatoms. The Kier molecular flexibility index (Phi) is 3.87. The van der Waals surface area contributed by atoms with E-state index in [1.807, 2.05) is 32.0 Å². The number of nitrogens with zero attached hydrogens (tertiary/aromatic N) is 1. The predicted molar refractivity (Wildman–Crippen MR) is 57.3 cm³/mol. The van der Waals surface area contributed by atoms with Gasteiger partial charge < -0.3 is 0 Å².